The second kappa shape index (κ2) is 6.44. The van der Waals surface area contributed by atoms with E-state index in [1.165, 1.54) is 12.8 Å². The number of nitrogens with zero attached hydrogens (tertiary/aromatic N) is 2. The van der Waals surface area contributed by atoms with Gasteiger partial charge in [0.1, 0.15) is 11.5 Å². The summed E-state index contributed by atoms with van der Waals surface area (Å²) in [5.74, 6) is 1.83. The van der Waals surface area contributed by atoms with E-state index >= 15 is 0 Å². The van der Waals surface area contributed by atoms with Crippen molar-refractivity contribution in [2.45, 2.75) is 45.1 Å². The predicted octanol–water partition coefficient (Wildman–Crippen LogP) is 4.34. The van der Waals surface area contributed by atoms with Gasteiger partial charge in [0.2, 0.25) is 0 Å². The number of para-hydroxylation sites is 1. The summed E-state index contributed by atoms with van der Waals surface area (Å²) in [5.41, 5.74) is 2.78. The van der Waals surface area contributed by atoms with E-state index in [1.54, 1.807) is 11.9 Å². The lowest BCUT2D eigenvalue weighted by Gasteiger charge is -2.19. The summed E-state index contributed by atoms with van der Waals surface area (Å²) < 4.78 is 5.33. The van der Waals surface area contributed by atoms with Gasteiger partial charge in [-0.1, -0.05) is 37.2 Å². The molecule has 0 radical (unpaired) electrons. The number of nitrogens with one attached hydrogen (secondary N) is 1. The average molecular weight is 313 g/mol. The minimum atomic E-state index is -0.144. The molecule has 2 amide bonds. The number of aromatic nitrogens is 1. The van der Waals surface area contributed by atoms with Gasteiger partial charge in [0, 0.05) is 24.7 Å². The molecule has 3 rings (SSSR count). The van der Waals surface area contributed by atoms with E-state index in [2.05, 4.69) is 24.3 Å². The van der Waals surface area contributed by atoms with Crippen LogP contribution < -0.4 is 5.32 Å². The third-order valence-corrected chi connectivity index (χ3v) is 4.13. The van der Waals surface area contributed by atoms with Gasteiger partial charge in [0.15, 0.2) is 0 Å². The molecule has 0 bridgehead atoms. The molecule has 0 saturated heterocycles. The van der Waals surface area contributed by atoms with E-state index < -0.39 is 0 Å². The smallest absolute Gasteiger partial charge is 0.321 e. The van der Waals surface area contributed by atoms with Crippen LogP contribution in [0.15, 0.2) is 34.9 Å². The molecular formula is C18H23N3O2. The Labute approximate surface area is 136 Å². The van der Waals surface area contributed by atoms with E-state index in [0.717, 1.165) is 22.7 Å². The van der Waals surface area contributed by atoms with E-state index in [4.69, 9.17) is 4.52 Å². The number of anilines is 1. The summed E-state index contributed by atoms with van der Waals surface area (Å²) in [6, 6.07) is 9.71. The molecule has 1 aliphatic carbocycles. The molecule has 1 aliphatic rings. The predicted molar refractivity (Wildman–Crippen MR) is 89.5 cm³/mol. The van der Waals surface area contributed by atoms with Gasteiger partial charge in [0.05, 0.1) is 6.54 Å². The van der Waals surface area contributed by atoms with Crippen LogP contribution in [-0.2, 0) is 6.54 Å². The highest BCUT2D eigenvalue weighted by Crippen LogP contribution is 2.40. The summed E-state index contributed by atoms with van der Waals surface area (Å²) in [5, 5.41) is 7.04. The van der Waals surface area contributed by atoms with Crippen LogP contribution in [0.5, 0.6) is 0 Å². The molecule has 23 heavy (non-hydrogen) atoms. The van der Waals surface area contributed by atoms with Crippen molar-refractivity contribution in [2.24, 2.45) is 0 Å². The van der Waals surface area contributed by atoms with E-state index in [-0.39, 0.29) is 6.03 Å². The Hall–Kier alpha value is -2.30. The molecular weight excluding hydrogens is 290 g/mol. The molecule has 1 aromatic carbocycles. The molecule has 5 nitrogen and oxygen atoms in total. The molecule has 1 aromatic heterocycles. The normalized spacial score (nSPS) is 14.1. The van der Waals surface area contributed by atoms with Gasteiger partial charge in [-0.2, -0.15) is 0 Å². The number of rotatable bonds is 5. The first kappa shape index (κ1) is 15.6. The van der Waals surface area contributed by atoms with Crippen LogP contribution in [0.25, 0.3) is 0 Å². The van der Waals surface area contributed by atoms with Gasteiger partial charge in [-0.05, 0) is 30.4 Å². The standard InChI is InChI=1S/C18H23N3O2/c1-12(2)15-6-4-5-7-16(15)19-18(22)21(3)11-14-10-17(23-20-14)13-8-9-13/h4-7,10,12-13H,8-9,11H2,1-3H3,(H,19,22). The third-order valence-electron chi connectivity index (χ3n) is 4.13. The van der Waals surface area contributed by atoms with Gasteiger partial charge in [-0.25, -0.2) is 4.79 Å². The lowest BCUT2D eigenvalue weighted by atomic mass is 10.0. The van der Waals surface area contributed by atoms with Crippen LogP contribution >= 0.6 is 0 Å². The molecule has 0 aliphatic heterocycles. The molecule has 1 N–H and O–H groups in total. The van der Waals surface area contributed by atoms with Crippen LogP contribution in [0.3, 0.4) is 0 Å². The van der Waals surface area contributed by atoms with Crippen LogP contribution in [0.2, 0.25) is 0 Å². The molecule has 1 saturated carbocycles. The highest BCUT2D eigenvalue weighted by Gasteiger charge is 2.28. The van der Waals surface area contributed by atoms with E-state index in [0.29, 0.717) is 18.4 Å². The minimum Gasteiger partial charge on any atom is -0.361 e. The Morgan fingerprint density at radius 2 is 2.13 bits per heavy atom. The first-order chi connectivity index (χ1) is 11.0. The number of carbonyl (C=O) groups is 1. The van der Waals surface area contributed by atoms with E-state index in [9.17, 15) is 4.79 Å². The largest absolute Gasteiger partial charge is 0.361 e. The highest BCUT2D eigenvalue weighted by atomic mass is 16.5. The summed E-state index contributed by atoms with van der Waals surface area (Å²) in [7, 11) is 1.76. The summed E-state index contributed by atoms with van der Waals surface area (Å²) in [6.07, 6.45) is 2.36. The lowest BCUT2D eigenvalue weighted by Crippen LogP contribution is -2.31. The Balaban J connectivity index is 1.63. The fourth-order valence-corrected chi connectivity index (χ4v) is 2.60. The van der Waals surface area contributed by atoms with Gasteiger partial charge < -0.3 is 14.7 Å². The van der Waals surface area contributed by atoms with Crippen LogP contribution in [0.1, 0.15) is 55.5 Å². The Bertz CT molecular complexity index is 689. The zero-order chi connectivity index (χ0) is 16.4. The number of hydrogen-bond acceptors (Lipinski definition) is 3. The molecule has 0 atom stereocenters. The second-order valence-electron chi connectivity index (χ2n) is 6.52. The molecule has 5 heteroatoms. The van der Waals surface area contributed by atoms with Gasteiger partial charge >= 0.3 is 6.03 Å². The number of benzene rings is 1. The zero-order valence-electron chi connectivity index (χ0n) is 13.9. The fraction of sp³-hybridized carbons (Fsp3) is 0.444. The Morgan fingerprint density at radius 3 is 2.83 bits per heavy atom. The van der Waals surface area contributed by atoms with Crippen molar-refractivity contribution in [1.82, 2.24) is 10.1 Å². The number of hydrogen-bond donors (Lipinski definition) is 1. The number of amides is 2. The van der Waals surface area contributed by atoms with Crippen molar-refractivity contribution in [1.29, 1.82) is 0 Å². The first-order valence-electron chi connectivity index (χ1n) is 8.11. The van der Waals surface area contributed by atoms with Gasteiger partial charge in [-0.15, -0.1) is 0 Å². The summed E-state index contributed by atoms with van der Waals surface area (Å²) in [6.45, 7) is 4.67. The second-order valence-corrected chi connectivity index (χ2v) is 6.52. The monoisotopic (exact) mass is 313 g/mol. The molecule has 0 unspecified atom stereocenters. The topological polar surface area (TPSA) is 58.4 Å². The van der Waals surface area contributed by atoms with Crippen molar-refractivity contribution in [2.75, 3.05) is 12.4 Å². The molecule has 2 aromatic rings. The summed E-state index contributed by atoms with van der Waals surface area (Å²) in [4.78, 5) is 14.0. The van der Waals surface area contributed by atoms with Crippen molar-refractivity contribution < 1.29 is 9.32 Å². The highest BCUT2D eigenvalue weighted by molar-refractivity contribution is 5.90. The van der Waals surface area contributed by atoms with Crippen LogP contribution in [0, 0.1) is 0 Å². The SMILES string of the molecule is CC(C)c1ccccc1NC(=O)N(C)Cc1cc(C2CC2)on1. The molecule has 0 spiro atoms. The van der Waals surface area contributed by atoms with Gasteiger partial charge in [0.25, 0.3) is 0 Å². The zero-order valence-corrected chi connectivity index (χ0v) is 13.9. The van der Waals surface area contributed by atoms with Crippen LogP contribution in [0.4, 0.5) is 10.5 Å². The molecule has 122 valence electrons. The molecule has 1 fully saturated rings. The maximum atomic E-state index is 12.4. The van der Waals surface area contributed by atoms with E-state index in [1.807, 2.05) is 30.3 Å². The number of urea groups is 1. The number of carbonyl (C=O) groups excluding carboxylic acids is 1. The maximum Gasteiger partial charge on any atom is 0.321 e. The maximum absolute atomic E-state index is 12.4. The Morgan fingerprint density at radius 1 is 1.39 bits per heavy atom. The fourth-order valence-electron chi connectivity index (χ4n) is 2.60. The minimum absolute atomic E-state index is 0.144. The molecule has 1 heterocycles. The average Bonchev–Trinajstić information content (AvgIpc) is 3.28. The quantitative estimate of drug-likeness (QED) is 0.893. The van der Waals surface area contributed by atoms with Crippen molar-refractivity contribution in [3.8, 4) is 0 Å². The van der Waals surface area contributed by atoms with Crippen molar-refractivity contribution >= 4 is 11.7 Å². The first-order valence-corrected chi connectivity index (χ1v) is 8.11. The third kappa shape index (κ3) is 3.73. The van der Waals surface area contributed by atoms with Crippen molar-refractivity contribution in [3.63, 3.8) is 0 Å². The summed E-state index contributed by atoms with van der Waals surface area (Å²) >= 11 is 0. The van der Waals surface area contributed by atoms with Crippen LogP contribution in [-0.4, -0.2) is 23.1 Å². The lowest BCUT2D eigenvalue weighted by molar-refractivity contribution is 0.219. The Kier molecular flexibility index (Phi) is 4.37. The van der Waals surface area contributed by atoms with Gasteiger partial charge in [-0.3, -0.25) is 0 Å². The van der Waals surface area contributed by atoms with Crippen molar-refractivity contribution in [3.05, 3.63) is 47.3 Å².